The first kappa shape index (κ1) is 20.2. The second-order valence-corrected chi connectivity index (χ2v) is 7.31. The number of ether oxygens (including phenoxy) is 1. The highest BCUT2D eigenvalue weighted by Crippen LogP contribution is 2.26. The second-order valence-electron chi connectivity index (χ2n) is 7.31. The minimum absolute atomic E-state index is 0.0537. The number of nitrogens with zero attached hydrogens (tertiary/aromatic N) is 2. The van der Waals surface area contributed by atoms with Crippen LogP contribution in [-0.4, -0.2) is 47.3 Å². The molecule has 0 bridgehead atoms. The highest BCUT2D eigenvalue weighted by Gasteiger charge is 2.27. The van der Waals surface area contributed by atoms with Gasteiger partial charge in [-0.2, -0.15) is 0 Å². The van der Waals surface area contributed by atoms with Gasteiger partial charge in [0.1, 0.15) is 5.69 Å². The van der Waals surface area contributed by atoms with Crippen LogP contribution in [0.3, 0.4) is 0 Å². The van der Waals surface area contributed by atoms with Crippen molar-refractivity contribution in [2.45, 2.75) is 52.9 Å². The molecular formula is C20H30N2O4. The van der Waals surface area contributed by atoms with E-state index in [1.54, 1.807) is 23.4 Å². The number of Topliss-reactive ketones (excluding diaryl/α,β-unsaturated/α-hetero) is 1. The van der Waals surface area contributed by atoms with E-state index in [1.807, 2.05) is 6.92 Å². The highest BCUT2D eigenvalue weighted by molar-refractivity contribution is 6.04. The molecule has 144 valence electrons. The van der Waals surface area contributed by atoms with Crippen molar-refractivity contribution in [1.29, 1.82) is 0 Å². The topological polar surface area (TPSA) is 68.6 Å². The molecule has 0 spiro atoms. The largest absolute Gasteiger partial charge is 0.464 e. The Balaban J connectivity index is 2.21. The predicted octanol–water partition coefficient (Wildman–Crippen LogP) is 3.04. The van der Waals surface area contributed by atoms with Gasteiger partial charge in [-0.15, -0.1) is 0 Å². The predicted molar refractivity (Wildman–Crippen MR) is 99.4 cm³/mol. The lowest BCUT2D eigenvalue weighted by Gasteiger charge is -2.28. The Bertz CT molecular complexity index is 699. The maximum atomic E-state index is 13.0. The Kier molecular flexibility index (Phi) is 6.62. The fourth-order valence-electron chi connectivity index (χ4n) is 4.01. The number of esters is 1. The summed E-state index contributed by atoms with van der Waals surface area (Å²) in [5.74, 6) is -0.193. The number of carbonyl (C=O) groups is 3. The number of ketones is 1. The van der Waals surface area contributed by atoms with E-state index in [9.17, 15) is 14.4 Å². The van der Waals surface area contributed by atoms with Crippen molar-refractivity contribution in [3.63, 3.8) is 0 Å². The van der Waals surface area contributed by atoms with E-state index in [4.69, 9.17) is 4.74 Å². The molecule has 0 aliphatic heterocycles. The number of hydrogen-bond donors (Lipinski definition) is 0. The molecule has 1 aromatic rings. The molecule has 1 amide bonds. The third-order valence-electron chi connectivity index (χ3n) is 5.57. The number of amides is 1. The van der Waals surface area contributed by atoms with Crippen molar-refractivity contribution in [3.05, 3.63) is 22.5 Å². The van der Waals surface area contributed by atoms with Crippen LogP contribution in [-0.2, 0) is 16.6 Å². The lowest BCUT2D eigenvalue weighted by molar-refractivity contribution is -0.129. The standard InChI is InChI=1S/C20H30N2O4/c1-13-18(14(2)21(4)19(13)20(25)26-5)17(24)12-22(15(3)23)11-16-9-7-6-8-10-16/h16H,6-12H2,1-5H3. The van der Waals surface area contributed by atoms with Crippen molar-refractivity contribution in [3.8, 4) is 0 Å². The van der Waals surface area contributed by atoms with E-state index in [1.165, 1.54) is 33.3 Å². The van der Waals surface area contributed by atoms with Gasteiger partial charge in [0, 0.05) is 31.8 Å². The van der Waals surface area contributed by atoms with Gasteiger partial charge in [0.2, 0.25) is 5.91 Å². The SMILES string of the molecule is COC(=O)c1c(C)c(C(=O)CN(CC2CCCCC2)C(C)=O)c(C)n1C. The molecule has 26 heavy (non-hydrogen) atoms. The molecule has 2 rings (SSSR count). The van der Waals surface area contributed by atoms with Crippen LogP contribution < -0.4 is 0 Å². The van der Waals surface area contributed by atoms with Gasteiger partial charge in [-0.05, 0) is 38.2 Å². The molecule has 6 nitrogen and oxygen atoms in total. The number of methoxy groups -OCH3 is 1. The van der Waals surface area contributed by atoms with Crippen LogP contribution in [0.2, 0.25) is 0 Å². The molecule has 0 N–H and O–H groups in total. The Morgan fingerprint density at radius 3 is 2.31 bits per heavy atom. The molecular weight excluding hydrogens is 332 g/mol. The molecule has 1 aromatic heterocycles. The van der Waals surface area contributed by atoms with Gasteiger partial charge in [-0.25, -0.2) is 4.79 Å². The molecule has 0 atom stereocenters. The summed E-state index contributed by atoms with van der Waals surface area (Å²) in [6.07, 6.45) is 5.89. The lowest BCUT2D eigenvalue weighted by atomic mass is 9.89. The molecule has 0 unspecified atom stereocenters. The summed E-state index contributed by atoms with van der Waals surface area (Å²) in [6.45, 7) is 5.77. The Morgan fingerprint density at radius 2 is 1.77 bits per heavy atom. The maximum absolute atomic E-state index is 13.0. The Labute approximate surface area is 155 Å². The summed E-state index contributed by atoms with van der Waals surface area (Å²) in [7, 11) is 3.07. The summed E-state index contributed by atoms with van der Waals surface area (Å²) in [5.41, 5.74) is 2.23. The summed E-state index contributed by atoms with van der Waals surface area (Å²) in [5, 5.41) is 0. The highest BCUT2D eigenvalue weighted by atomic mass is 16.5. The lowest BCUT2D eigenvalue weighted by Crippen LogP contribution is -2.38. The fourth-order valence-corrected chi connectivity index (χ4v) is 4.01. The maximum Gasteiger partial charge on any atom is 0.354 e. The summed E-state index contributed by atoms with van der Waals surface area (Å²) < 4.78 is 6.52. The first-order chi connectivity index (χ1) is 12.3. The average molecular weight is 362 g/mol. The van der Waals surface area contributed by atoms with Gasteiger partial charge in [0.05, 0.1) is 13.7 Å². The molecule has 1 aliphatic rings. The minimum Gasteiger partial charge on any atom is -0.464 e. The van der Waals surface area contributed by atoms with Crippen LogP contribution in [0, 0.1) is 19.8 Å². The number of hydrogen-bond acceptors (Lipinski definition) is 4. The molecule has 1 heterocycles. The van der Waals surface area contributed by atoms with Crippen LogP contribution in [0.25, 0.3) is 0 Å². The van der Waals surface area contributed by atoms with E-state index in [0.717, 1.165) is 12.8 Å². The third kappa shape index (κ3) is 4.17. The van der Waals surface area contributed by atoms with E-state index >= 15 is 0 Å². The molecule has 1 fully saturated rings. The zero-order valence-electron chi connectivity index (χ0n) is 16.6. The third-order valence-corrected chi connectivity index (χ3v) is 5.57. The molecule has 1 saturated carbocycles. The number of rotatable bonds is 6. The first-order valence-electron chi connectivity index (χ1n) is 9.30. The monoisotopic (exact) mass is 362 g/mol. The smallest absolute Gasteiger partial charge is 0.354 e. The average Bonchev–Trinajstić information content (AvgIpc) is 2.83. The summed E-state index contributed by atoms with van der Waals surface area (Å²) in [6, 6.07) is 0. The second kappa shape index (κ2) is 8.52. The number of carbonyl (C=O) groups excluding carboxylic acids is 3. The molecule has 1 aliphatic carbocycles. The summed E-state index contributed by atoms with van der Waals surface area (Å²) >= 11 is 0. The summed E-state index contributed by atoms with van der Waals surface area (Å²) in [4.78, 5) is 38.7. The van der Waals surface area contributed by atoms with Crippen molar-refractivity contribution in [2.75, 3.05) is 20.2 Å². The van der Waals surface area contributed by atoms with Crippen LogP contribution in [0.15, 0.2) is 0 Å². The van der Waals surface area contributed by atoms with Gasteiger partial charge < -0.3 is 14.2 Å². The number of aromatic nitrogens is 1. The van der Waals surface area contributed by atoms with Gasteiger partial charge >= 0.3 is 5.97 Å². The Hall–Kier alpha value is -2.11. The van der Waals surface area contributed by atoms with Crippen molar-refractivity contribution in [2.24, 2.45) is 13.0 Å². The van der Waals surface area contributed by atoms with Crippen LogP contribution in [0.4, 0.5) is 0 Å². The van der Waals surface area contributed by atoms with Crippen molar-refractivity contribution in [1.82, 2.24) is 9.47 Å². The van der Waals surface area contributed by atoms with Crippen LogP contribution in [0.1, 0.15) is 71.1 Å². The molecule has 0 radical (unpaired) electrons. The van der Waals surface area contributed by atoms with Crippen molar-refractivity contribution < 1.29 is 19.1 Å². The molecule has 0 saturated heterocycles. The quantitative estimate of drug-likeness (QED) is 0.576. The van der Waals surface area contributed by atoms with Gasteiger partial charge in [0.25, 0.3) is 0 Å². The fraction of sp³-hybridized carbons (Fsp3) is 0.650. The normalized spacial score (nSPS) is 15.0. The Morgan fingerprint density at radius 1 is 1.15 bits per heavy atom. The van der Waals surface area contributed by atoms with Gasteiger partial charge in [-0.1, -0.05) is 19.3 Å². The van der Waals surface area contributed by atoms with Gasteiger partial charge in [0.15, 0.2) is 5.78 Å². The zero-order chi connectivity index (χ0) is 19.4. The zero-order valence-corrected chi connectivity index (χ0v) is 16.6. The molecule has 6 heteroatoms. The van der Waals surface area contributed by atoms with E-state index in [0.29, 0.717) is 35.0 Å². The molecule has 0 aromatic carbocycles. The minimum atomic E-state index is -0.460. The van der Waals surface area contributed by atoms with Gasteiger partial charge in [-0.3, -0.25) is 9.59 Å². The van der Waals surface area contributed by atoms with Crippen LogP contribution in [0.5, 0.6) is 0 Å². The van der Waals surface area contributed by atoms with Crippen LogP contribution >= 0.6 is 0 Å². The van der Waals surface area contributed by atoms with Crippen molar-refractivity contribution >= 4 is 17.7 Å². The van der Waals surface area contributed by atoms with E-state index in [2.05, 4.69) is 0 Å². The first-order valence-corrected chi connectivity index (χ1v) is 9.30. The van der Waals surface area contributed by atoms with E-state index in [-0.39, 0.29) is 18.2 Å². The van der Waals surface area contributed by atoms with E-state index < -0.39 is 5.97 Å².